The van der Waals surface area contributed by atoms with E-state index in [1.165, 1.54) is 6.07 Å². The zero-order valence-electron chi connectivity index (χ0n) is 12.0. The van der Waals surface area contributed by atoms with Gasteiger partial charge in [-0.2, -0.15) is 0 Å². The summed E-state index contributed by atoms with van der Waals surface area (Å²) in [6, 6.07) is 1.26. The van der Waals surface area contributed by atoms with Gasteiger partial charge in [-0.25, -0.2) is 22.0 Å². The van der Waals surface area contributed by atoms with Crippen LogP contribution in [0.15, 0.2) is 14.5 Å². The number of primary sulfonamides is 1. The maximum atomic E-state index is 12.6. The summed E-state index contributed by atoms with van der Waals surface area (Å²) in [4.78, 5) is 0. The average molecular weight is 353 g/mol. The van der Waals surface area contributed by atoms with Crippen molar-refractivity contribution < 1.29 is 16.8 Å². The highest BCUT2D eigenvalue weighted by Gasteiger charge is 2.40. The molecule has 1 aliphatic heterocycles. The van der Waals surface area contributed by atoms with Crippen molar-refractivity contribution in [3.8, 4) is 0 Å². The number of rotatable bonds is 5. The normalized spacial score (nSPS) is 24.7. The Balaban J connectivity index is 2.59. The van der Waals surface area contributed by atoms with E-state index in [9.17, 15) is 16.8 Å². The molecule has 0 saturated carbocycles. The molecular formula is C12H20N2O4S3. The van der Waals surface area contributed by atoms with Crippen LogP contribution >= 0.6 is 11.3 Å². The molecule has 0 amide bonds. The fourth-order valence-corrected chi connectivity index (χ4v) is 7.49. The van der Waals surface area contributed by atoms with Gasteiger partial charge in [0.15, 0.2) is 9.84 Å². The molecule has 9 heteroatoms. The number of thiophene rings is 1. The maximum absolute atomic E-state index is 12.6. The minimum absolute atomic E-state index is 0.0869. The van der Waals surface area contributed by atoms with Crippen LogP contribution in [0.3, 0.4) is 0 Å². The summed E-state index contributed by atoms with van der Waals surface area (Å²) in [5.41, 5.74) is 0.540. The molecule has 2 atom stereocenters. The number of nitrogens with two attached hydrogens (primary N) is 1. The summed E-state index contributed by atoms with van der Waals surface area (Å²) in [6.45, 7) is 4.56. The highest BCUT2D eigenvalue weighted by molar-refractivity contribution is 7.95. The second kappa shape index (κ2) is 5.96. The Hall–Kier alpha value is -0.480. The van der Waals surface area contributed by atoms with Crippen LogP contribution in [0.1, 0.15) is 44.7 Å². The van der Waals surface area contributed by atoms with Gasteiger partial charge in [0.1, 0.15) is 8.42 Å². The molecule has 3 N–H and O–H groups in total. The molecule has 0 saturated heterocycles. The molecule has 0 bridgehead atoms. The molecule has 2 heterocycles. The molecule has 1 aliphatic rings. The largest absolute Gasteiger partial charge is 0.310 e. The molecule has 1 aromatic rings. The zero-order valence-corrected chi connectivity index (χ0v) is 14.4. The lowest BCUT2D eigenvalue weighted by Gasteiger charge is -2.29. The Labute approximate surface area is 129 Å². The van der Waals surface area contributed by atoms with Gasteiger partial charge in [0, 0.05) is 11.6 Å². The van der Waals surface area contributed by atoms with E-state index >= 15 is 0 Å². The molecule has 0 radical (unpaired) electrons. The van der Waals surface area contributed by atoms with Crippen molar-refractivity contribution >= 4 is 31.2 Å². The van der Waals surface area contributed by atoms with Crippen molar-refractivity contribution in [2.45, 2.75) is 52.8 Å². The lowest BCUT2D eigenvalue weighted by atomic mass is 10.0. The number of sulfone groups is 1. The van der Waals surface area contributed by atoms with Gasteiger partial charge >= 0.3 is 0 Å². The van der Waals surface area contributed by atoms with Gasteiger partial charge in [-0.1, -0.05) is 20.3 Å². The van der Waals surface area contributed by atoms with Gasteiger partial charge in [-0.05, 0) is 25.5 Å². The van der Waals surface area contributed by atoms with E-state index in [1.807, 2.05) is 13.8 Å². The monoisotopic (exact) mass is 352 g/mol. The van der Waals surface area contributed by atoms with Gasteiger partial charge in [0.2, 0.25) is 10.0 Å². The Morgan fingerprint density at radius 1 is 1.43 bits per heavy atom. The predicted octanol–water partition coefficient (Wildman–Crippen LogP) is 1.39. The zero-order chi connectivity index (χ0) is 15.8. The molecule has 2 rings (SSSR count). The molecule has 120 valence electrons. The number of fused-ring (bicyclic) bond motifs is 1. The Morgan fingerprint density at radius 2 is 2.10 bits per heavy atom. The molecule has 21 heavy (non-hydrogen) atoms. The molecule has 6 nitrogen and oxygen atoms in total. The number of sulfonamides is 1. The summed E-state index contributed by atoms with van der Waals surface area (Å²) in [5, 5.41) is 7.91. The van der Waals surface area contributed by atoms with Crippen LogP contribution in [0.5, 0.6) is 0 Å². The summed E-state index contributed by atoms with van der Waals surface area (Å²) in [5.74, 6) is 0. The van der Waals surface area contributed by atoms with Gasteiger partial charge in [0.25, 0.3) is 0 Å². The van der Waals surface area contributed by atoms with E-state index in [4.69, 9.17) is 5.14 Å². The van der Waals surface area contributed by atoms with Crippen LogP contribution in [0.25, 0.3) is 0 Å². The van der Waals surface area contributed by atoms with Gasteiger partial charge in [0.05, 0.1) is 5.25 Å². The van der Waals surface area contributed by atoms with Gasteiger partial charge < -0.3 is 5.32 Å². The third-order valence-corrected chi connectivity index (χ3v) is 8.99. The number of nitrogens with one attached hydrogen (secondary N) is 1. The van der Waals surface area contributed by atoms with Crippen molar-refractivity contribution in [2.75, 3.05) is 6.54 Å². The van der Waals surface area contributed by atoms with E-state index in [1.54, 1.807) is 0 Å². The summed E-state index contributed by atoms with van der Waals surface area (Å²) >= 11 is 0.768. The lowest BCUT2D eigenvalue weighted by molar-refractivity contribution is 0.456. The molecular weight excluding hydrogens is 332 g/mol. The van der Waals surface area contributed by atoms with Crippen molar-refractivity contribution in [2.24, 2.45) is 5.14 Å². The van der Waals surface area contributed by atoms with E-state index in [0.717, 1.165) is 17.8 Å². The topological polar surface area (TPSA) is 106 Å². The molecule has 0 aliphatic carbocycles. The fourth-order valence-electron chi connectivity index (χ4n) is 2.67. The van der Waals surface area contributed by atoms with E-state index in [0.29, 0.717) is 24.9 Å². The maximum Gasteiger partial charge on any atom is 0.247 e. The van der Waals surface area contributed by atoms with Crippen molar-refractivity contribution in [3.63, 3.8) is 0 Å². The van der Waals surface area contributed by atoms with Crippen LogP contribution in [-0.4, -0.2) is 28.6 Å². The number of hydrogen-bond donors (Lipinski definition) is 2. The summed E-state index contributed by atoms with van der Waals surface area (Å²) < 4.78 is 48.3. The third kappa shape index (κ3) is 3.16. The van der Waals surface area contributed by atoms with Crippen LogP contribution in [0.2, 0.25) is 0 Å². The third-order valence-electron chi connectivity index (χ3n) is 3.62. The molecule has 0 fully saturated rings. The lowest BCUT2D eigenvalue weighted by Crippen LogP contribution is -2.34. The predicted molar refractivity (Wildman–Crippen MR) is 82.6 cm³/mol. The molecule has 2 unspecified atom stereocenters. The van der Waals surface area contributed by atoms with E-state index in [2.05, 4.69) is 5.32 Å². The van der Waals surface area contributed by atoms with Gasteiger partial charge in [-0.3, -0.25) is 0 Å². The first-order chi connectivity index (χ1) is 9.71. The average Bonchev–Trinajstić information content (AvgIpc) is 2.82. The molecule has 0 aromatic carbocycles. The van der Waals surface area contributed by atoms with Crippen LogP contribution in [0.4, 0.5) is 0 Å². The first-order valence-electron chi connectivity index (χ1n) is 6.85. The van der Waals surface area contributed by atoms with E-state index in [-0.39, 0.29) is 14.5 Å². The minimum Gasteiger partial charge on any atom is -0.310 e. The van der Waals surface area contributed by atoms with Crippen LogP contribution in [0, 0.1) is 0 Å². The highest BCUT2D eigenvalue weighted by atomic mass is 32.3. The second-order valence-electron chi connectivity index (χ2n) is 5.15. The van der Waals surface area contributed by atoms with Crippen molar-refractivity contribution in [3.05, 3.63) is 11.6 Å². The summed E-state index contributed by atoms with van der Waals surface area (Å²) in [7, 11) is -7.37. The standard InChI is InChI=1S/C12H20N2O4S3/c1-3-5-8-6-10(14-4-2)9-7-11(21(13,17)18)19-12(9)20(8,15)16/h7-8,10,14H,3-6H2,1-2H3,(H2,13,17,18). The Bertz CT molecular complexity index is 722. The SMILES string of the molecule is CCCC1CC(NCC)c2cc(S(N)(=O)=O)sc2S1(=O)=O. The first-order valence-corrected chi connectivity index (χ1v) is 10.8. The molecule has 1 aromatic heterocycles. The van der Waals surface area contributed by atoms with Crippen LogP contribution in [-0.2, 0) is 19.9 Å². The Morgan fingerprint density at radius 3 is 2.62 bits per heavy atom. The highest BCUT2D eigenvalue weighted by Crippen LogP contribution is 2.43. The number of hydrogen-bond acceptors (Lipinski definition) is 6. The fraction of sp³-hybridized carbons (Fsp3) is 0.667. The Kier molecular flexibility index (Phi) is 4.79. The summed E-state index contributed by atoms with van der Waals surface area (Å²) in [6.07, 6.45) is 1.82. The van der Waals surface area contributed by atoms with E-state index < -0.39 is 25.1 Å². The minimum atomic E-state index is -3.89. The smallest absolute Gasteiger partial charge is 0.247 e. The second-order valence-corrected chi connectivity index (χ2v) is 10.4. The van der Waals surface area contributed by atoms with Crippen molar-refractivity contribution in [1.29, 1.82) is 0 Å². The first kappa shape index (κ1) is 16.9. The van der Waals surface area contributed by atoms with Crippen molar-refractivity contribution in [1.82, 2.24) is 5.32 Å². The quantitative estimate of drug-likeness (QED) is 0.833. The van der Waals surface area contributed by atoms with Crippen LogP contribution < -0.4 is 10.5 Å². The molecule has 0 spiro atoms. The van der Waals surface area contributed by atoms with Gasteiger partial charge in [-0.15, -0.1) is 11.3 Å².